The van der Waals surface area contributed by atoms with E-state index in [0.29, 0.717) is 25.3 Å². The number of carbonyl (C=O) groups excluding carboxylic acids is 1. The van der Waals surface area contributed by atoms with Crippen LogP contribution in [0.3, 0.4) is 0 Å². The van der Waals surface area contributed by atoms with E-state index in [4.69, 9.17) is 0 Å². The Labute approximate surface area is 176 Å². The number of carbonyl (C=O) groups is 1. The van der Waals surface area contributed by atoms with Gasteiger partial charge in [0.2, 0.25) is 0 Å². The zero-order valence-corrected chi connectivity index (χ0v) is 17.1. The summed E-state index contributed by atoms with van der Waals surface area (Å²) in [6, 6.07) is 3.99. The second-order valence-electron chi connectivity index (χ2n) is 7.55. The smallest absolute Gasteiger partial charge is 0.435 e. The first kappa shape index (κ1) is 23.0. The number of rotatable bonds is 6. The Kier molecular flexibility index (Phi) is 6.58. The minimum absolute atomic E-state index is 0.0241. The van der Waals surface area contributed by atoms with Crippen molar-refractivity contribution in [3.63, 3.8) is 0 Å². The molecule has 12 heteroatoms. The van der Waals surface area contributed by atoms with Crippen LogP contribution in [0, 0.1) is 11.7 Å². The number of hydrogen-bond acceptors (Lipinski definition) is 5. The van der Waals surface area contributed by atoms with Gasteiger partial charge in [-0.15, -0.1) is 0 Å². The summed E-state index contributed by atoms with van der Waals surface area (Å²) in [7, 11) is -3.06. The van der Waals surface area contributed by atoms with Gasteiger partial charge in [-0.05, 0) is 31.2 Å². The summed E-state index contributed by atoms with van der Waals surface area (Å²) in [6.07, 6.45) is -3.45. The zero-order chi connectivity index (χ0) is 22.8. The second-order valence-corrected chi connectivity index (χ2v) is 9.85. The third-order valence-corrected chi connectivity index (χ3v) is 6.98. The van der Waals surface area contributed by atoms with Crippen LogP contribution >= 0.6 is 0 Å². The minimum atomic E-state index is -4.73. The molecule has 0 aliphatic carbocycles. The molecule has 2 aromatic rings. The number of amides is 1. The van der Waals surface area contributed by atoms with Gasteiger partial charge in [0, 0.05) is 30.8 Å². The van der Waals surface area contributed by atoms with Crippen molar-refractivity contribution in [2.24, 2.45) is 5.92 Å². The van der Waals surface area contributed by atoms with Crippen molar-refractivity contribution in [2.45, 2.75) is 32.0 Å². The van der Waals surface area contributed by atoms with E-state index in [1.165, 1.54) is 17.0 Å². The monoisotopic (exact) mass is 463 g/mol. The van der Waals surface area contributed by atoms with Gasteiger partial charge in [0.25, 0.3) is 5.91 Å². The van der Waals surface area contributed by atoms with E-state index < -0.39 is 39.1 Å². The minimum Gasteiger partial charge on any atom is -0.508 e. The van der Waals surface area contributed by atoms with Crippen LogP contribution in [0.5, 0.6) is 5.75 Å². The first-order chi connectivity index (χ1) is 14.4. The first-order valence-electron chi connectivity index (χ1n) is 9.54. The summed E-state index contributed by atoms with van der Waals surface area (Å²) in [5, 5.41) is 14.6. The van der Waals surface area contributed by atoms with Gasteiger partial charge in [-0.25, -0.2) is 12.8 Å². The number of benzene rings is 1. The quantitative estimate of drug-likeness (QED) is 0.641. The fourth-order valence-electron chi connectivity index (χ4n) is 3.44. The molecule has 0 unspecified atom stereocenters. The van der Waals surface area contributed by atoms with Crippen LogP contribution in [0.25, 0.3) is 0 Å². The maximum atomic E-state index is 14.2. The first-order valence-corrected chi connectivity index (χ1v) is 11.4. The predicted octanol–water partition coefficient (Wildman–Crippen LogP) is 3.13. The van der Waals surface area contributed by atoms with Crippen LogP contribution in [0.4, 0.5) is 17.6 Å². The molecule has 1 aliphatic rings. The number of nitrogens with one attached hydrogen (secondary N) is 1. The summed E-state index contributed by atoms with van der Waals surface area (Å²) in [6.45, 7) is -0.152. The van der Waals surface area contributed by atoms with Crippen molar-refractivity contribution in [3.8, 4) is 5.75 Å². The lowest BCUT2D eigenvalue weighted by Crippen LogP contribution is -2.34. The molecule has 0 saturated carbocycles. The highest BCUT2D eigenvalue weighted by Gasteiger charge is 2.35. The van der Waals surface area contributed by atoms with E-state index in [-0.39, 0.29) is 41.8 Å². The summed E-state index contributed by atoms with van der Waals surface area (Å²) in [5.74, 6) is -1.73. The van der Waals surface area contributed by atoms with Gasteiger partial charge in [-0.1, -0.05) is 6.07 Å². The molecular weight excluding hydrogens is 442 g/mol. The Morgan fingerprint density at radius 2 is 1.90 bits per heavy atom. The normalized spacial score (nSPS) is 16.9. The Morgan fingerprint density at radius 1 is 1.23 bits per heavy atom. The largest absolute Gasteiger partial charge is 0.508 e. The van der Waals surface area contributed by atoms with Gasteiger partial charge in [-0.3, -0.25) is 9.89 Å². The number of phenols is 1. The number of alkyl halides is 3. The SMILES string of the molecule is O=C(c1cc(C(F)(F)F)n[nH]1)N(CCC1CCS(=O)(=O)CC1)Cc1ccc(O)cc1F. The molecule has 1 aromatic heterocycles. The van der Waals surface area contributed by atoms with Gasteiger partial charge < -0.3 is 10.0 Å². The van der Waals surface area contributed by atoms with E-state index in [0.717, 1.165) is 6.07 Å². The molecule has 170 valence electrons. The molecular formula is C19H21F4N3O4S. The van der Waals surface area contributed by atoms with Crippen molar-refractivity contribution < 1.29 is 35.9 Å². The van der Waals surface area contributed by atoms with Gasteiger partial charge in [0.05, 0.1) is 11.5 Å². The molecule has 0 atom stereocenters. The third kappa shape index (κ3) is 5.96. The van der Waals surface area contributed by atoms with E-state index in [1.807, 2.05) is 0 Å². The molecule has 3 rings (SSSR count). The average Bonchev–Trinajstić information content (AvgIpc) is 3.18. The maximum absolute atomic E-state index is 14.2. The number of aromatic nitrogens is 2. The zero-order valence-electron chi connectivity index (χ0n) is 16.3. The molecule has 1 fully saturated rings. The molecule has 1 amide bonds. The highest BCUT2D eigenvalue weighted by Crippen LogP contribution is 2.28. The molecule has 0 spiro atoms. The number of aromatic amines is 1. The molecule has 2 N–H and O–H groups in total. The van der Waals surface area contributed by atoms with Gasteiger partial charge >= 0.3 is 6.18 Å². The Bertz CT molecular complexity index is 1040. The maximum Gasteiger partial charge on any atom is 0.435 e. The number of aromatic hydroxyl groups is 1. The van der Waals surface area contributed by atoms with Crippen molar-refractivity contribution in [1.29, 1.82) is 0 Å². The molecule has 1 aromatic carbocycles. The average molecular weight is 463 g/mol. The lowest BCUT2D eigenvalue weighted by Gasteiger charge is -2.27. The van der Waals surface area contributed by atoms with E-state index in [2.05, 4.69) is 10.2 Å². The van der Waals surface area contributed by atoms with Crippen molar-refractivity contribution in [2.75, 3.05) is 18.1 Å². The van der Waals surface area contributed by atoms with E-state index in [9.17, 15) is 35.9 Å². The molecule has 0 radical (unpaired) electrons. The molecule has 31 heavy (non-hydrogen) atoms. The Morgan fingerprint density at radius 3 is 2.48 bits per heavy atom. The van der Waals surface area contributed by atoms with Crippen molar-refractivity contribution >= 4 is 15.7 Å². The Hall–Kier alpha value is -2.63. The van der Waals surface area contributed by atoms with Gasteiger partial charge in [-0.2, -0.15) is 18.3 Å². The van der Waals surface area contributed by atoms with Gasteiger partial charge in [0.15, 0.2) is 5.69 Å². The Balaban J connectivity index is 1.78. The molecule has 0 bridgehead atoms. The highest BCUT2D eigenvalue weighted by molar-refractivity contribution is 7.91. The number of sulfone groups is 1. The van der Waals surface area contributed by atoms with Crippen LogP contribution in [0.15, 0.2) is 24.3 Å². The summed E-state index contributed by atoms with van der Waals surface area (Å²) in [5.41, 5.74) is -1.56. The predicted molar refractivity (Wildman–Crippen MR) is 102 cm³/mol. The van der Waals surface area contributed by atoms with E-state index in [1.54, 1.807) is 0 Å². The van der Waals surface area contributed by atoms with Crippen LogP contribution in [-0.4, -0.2) is 52.6 Å². The van der Waals surface area contributed by atoms with Crippen LogP contribution < -0.4 is 0 Å². The molecule has 2 heterocycles. The highest BCUT2D eigenvalue weighted by atomic mass is 32.2. The molecule has 7 nitrogen and oxygen atoms in total. The lowest BCUT2D eigenvalue weighted by molar-refractivity contribution is -0.141. The second kappa shape index (κ2) is 8.85. The van der Waals surface area contributed by atoms with Crippen molar-refractivity contribution in [3.05, 3.63) is 47.0 Å². The van der Waals surface area contributed by atoms with Gasteiger partial charge in [0.1, 0.15) is 27.1 Å². The van der Waals surface area contributed by atoms with Crippen LogP contribution in [-0.2, 0) is 22.6 Å². The standard InChI is InChI=1S/C19H21F4N3O4S/c20-15-9-14(27)2-1-13(15)11-26(6-3-12-4-7-31(29,30)8-5-12)18(28)16-10-17(25-24-16)19(21,22)23/h1-2,9-10,12,27H,3-8,11H2,(H,24,25). The topological polar surface area (TPSA) is 103 Å². The lowest BCUT2D eigenvalue weighted by atomic mass is 9.98. The van der Waals surface area contributed by atoms with Crippen LogP contribution in [0.1, 0.15) is 41.0 Å². The molecule has 1 aliphatic heterocycles. The fourth-order valence-corrected chi connectivity index (χ4v) is 5.02. The third-order valence-electron chi connectivity index (χ3n) is 5.27. The van der Waals surface area contributed by atoms with Crippen LogP contribution in [0.2, 0.25) is 0 Å². The number of H-pyrrole nitrogens is 1. The summed E-state index contributed by atoms with van der Waals surface area (Å²) >= 11 is 0. The number of phenolic OH excluding ortho intramolecular Hbond substituents is 1. The number of nitrogens with zero attached hydrogens (tertiary/aromatic N) is 2. The van der Waals surface area contributed by atoms with E-state index >= 15 is 0 Å². The summed E-state index contributed by atoms with van der Waals surface area (Å²) in [4.78, 5) is 14.0. The molecule has 1 saturated heterocycles. The number of halogens is 4. The summed E-state index contributed by atoms with van der Waals surface area (Å²) < 4.78 is 75.8. The fraction of sp³-hybridized carbons (Fsp3) is 0.474. The van der Waals surface area contributed by atoms with Crippen molar-refractivity contribution in [1.82, 2.24) is 15.1 Å². The number of hydrogen-bond donors (Lipinski definition) is 2.